The van der Waals surface area contributed by atoms with Crippen molar-refractivity contribution in [3.63, 3.8) is 0 Å². The zero-order valence-electron chi connectivity index (χ0n) is 8.73. The number of aryl methyl sites for hydroxylation is 1. The molecule has 2 N–H and O–H groups in total. The summed E-state index contributed by atoms with van der Waals surface area (Å²) in [6.07, 6.45) is 0.630. The Morgan fingerprint density at radius 2 is 2.12 bits per heavy atom. The third kappa shape index (κ3) is 2.04. The number of fused-ring (bicyclic) bond motifs is 1. The molecule has 16 heavy (non-hydrogen) atoms. The number of aliphatic hydroxyl groups excluding tert-OH is 2. The maximum absolute atomic E-state index is 9.21. The smallest absolute Gasteiger partial charge is 0.135 e. The van der Waals surface area contributed by atoms with Gasteiger partial charge in [-0.25, -0.2) is 4.98 Å². The van der Waals surface area contributed by atoms with E-state index in [9.17, 15) is 5.11 Å². The molecule has 5 heteroatoms. The molecule has 2 rings (SSSR count). The van der Waals surface area contributed by atoms with Crippen molar-refractivity contribution in [2.75, 3.05) is 6.61 Å². The quantitative estimate of drug-likeness (QED) is 0.853. The number of benzene rings is 1. The van der Waals surface area contributed by atoms with Gasteiger partial charge in [-0.1, -0.05) is 11.6 Å². The van der Waals surface area contributed by atoms with Gasteiger partial charge >= 0.3 is 0 Å². The standard InChI is InChI=1S/C11H13ClN2O2/c12-8-2-3-9-10(6-8)14(4-1-5-15)11(7-16)13-9/h2-3,6,15-16H,1,4-5,7H2. The zero-order chi connectivity index (χ0) is 11.5. The average molecular weight is 241 g/mol. The van der Waals surface area contributed by atoms with Gasteiger partial charge in [0.25, 0.3) is 0 Å². The molecule has 1 aromatic carbocycles. The van der Waals surface area contributed by atoms with Crippen molar-refractivity contribution in [1.29, 1.82) is 0 Å². The summed E-state index contributed by atoms with van der Waals surface area (Å²) in [6.45, 7) is 0.631. The summed E-state index contributed by atoms with van der Waals surface area (Å²) in [6, 6.07) is 5.42. The topological polar surface area (TPSA) is 58.3 Å². The fraction of sp³-hybridized carbons (Fsp3) is 0.364. The lowest BCUT2D eigenvalue weighted by molar-refractivity contribution is 0.257. The summed E-state index contributed by atoms with van der Waals surface area (Å²) >= 11 is 5.92. The van der Waals surface area contributed by atoms with Crippen LogP contribution in [0.1, 0.15) is 12.2 Å². The molecule has 0 unspecified atom stereocenters. The molecule has 0 aliphatic carbocycles. The van der Waals surface area contributed by atoms with Crippen LogP contribution >= 0.6 is 11.6 Å². The van der Waals surface area contributed by atoms with E-state index in [1.165, 1.54) is 0 Å². The molecule has 1 heterocycles. The minimum absolute atomic E-state index is 0.113. The van der Waals surface area contributed by atoms with Crippen LogP contribution in [0.15, 0.2) is 18.2 Å². The number of hydrogen-bond donors (Lipinski definition) is 2. The lowest BCUT2D eigenvalue weighted by Crippen LogP contribution is -2.05. The first-order valence-electron chi connectivity index (χ1n) is 5.12. The lowest BCUT2D eigenvalue weighted by Gasteiger charge is -2.06. The van der Waals surface area contributed by atoms with Crippen LogP contribution in [0.2, 0.25) is 5.02 Å². The highest BCUT2D eigenvalue weighted by Gasteiger charge is 2.09. The maximum atomic E-state index is 9.21. The van der Waals surface area contributed by atoms with E-state index in [4.69, 9.17) is 16.7 Å². The minimum Gasteiger partial charge on any atom is -0.396 e. The fourth-order valence-electron chi connectivity index (χ4n) is 1.74. The first kappa shape index (κ1) is 11.4. The number of halogens is 1. The third-order valence-corrected chi connectivity index (χ3v) is 2.71. The van der Waals surface area contributed by atoms with E-state index in [1.54, 1.807) is 6.07 Å². The molecule has 0 spiro atoms. The maximum Gasteiger partial charge on any atom is 0.135 e. The van der Waals surface area contributed by atoms with Gasteiger partial charge in [-0.05, 0) is 24.6 Å². The number of aromatic nitrogens is 2. The van der Waals surface area contributed by atoms with E-state index in [-0.39, 0.29) is 13.2 Å². The van der Waals surface area contributed by atoms with Gasteiger partial charge in [-0.2, -0.15) is 0 Å². The van der Waals surface area contributed by atoms with Crippen LogP contribution in [0.25, 0.3) is 11.0 Å². The molecule has 4 nitrogen and oxygen atoms in total. The molecule has 0 aliphatic rings. The van der Waals surface area contributed by atoms with Crippen molar-refractivity contribution in [3.8, 4) is 0 Å². The lowest BCUT2D eigenvalue weighted by atomic mass is 10.3. The molecular formula is C11H13ClN2O2. The van der Waals surface area contributed by atoms with Gasteiger partial charge in [-0.3, -0.25) is 0 Å². The van der Waals surface area contributed by atoms with Gasteiger partial charge in [0.05, 0.1) is 11.0 Å². The molecule has 0 saturated carbocycles. The predicted molar refractivity (Wildman–Crippen MR) is 62.4 cm³/mol. The Morgan fingerprint density at radius 3 is 2.81 bits per heavy atom. The Kier molecular flexibility index (Phi) is 3.43. The molecule has 0 amide bonds. The van der Waals surface area contributed by atoms with Crippen LogP contribution in [0, 0.1) is 0 Å². The Bertz CT molecular complexity index is 496. The molecule has 0 saturated heterocycles. The van der Waals surface area contributed by atoms with Gasteiger partial charge in [-0.15, -0.1) is 0 Å². The Hall–Kier alpha value is -1.10. The van der Waals surface area contributed by atoms with E-state index in [2.05, 4.69) is 4.98 Å². The van der Waals surface area contributed by atoms with E-state index >= 15 is 0 Å². The van der Waals surface area contributed by atoms with Gasteiger partial charge in [0.15, 0.2) is 0 Å². The molecule has 0 aliphatic heterocycles. The third-order valence-electron chi connectivity index (χ3n) is 2.47. The molecule has 1 aromatic heterocycles. The van der Waals surface area contributed by atoms with E-state index in [1.807, 2.05) is 16.7 Å². The van der Waals surface area contributed by atoms with Crippen molar-refractivity contribution in [1.82, 2.24) is 9.55 Å². The molecular weight excluding hydrogens is 228 g/mol. The number of imidazole rings is 1. The van der Waals surface area contributed by atoms with Crippen LogP contribution in [0.3, 0.4) is 0 Å². The first-order valence-corrected chi connectivity index (χ1v) is 5.50. The second-order valence-corrected chi connectivity index (χ2v) is 3.98. The van der Waals surface area contributed by atoms with Gasteiger partial charge in [0.2, 0.25) is 0 Å². The summed E-state index contributed by atoms with van der Waals surface area (Å²) in [7, 11) is 0. The predicted octanol–water partition coefficient (Wildman–Crippen LogP) is 1.56. The monoisotopic (exact) mass is 240 g/mol. The summed E-state index contributed by atoms with van der Waals surface area (Å²) in [5.41, 5.74) is 1.70. The number of nitrogens with zero attached hydrogens (tertiary/aromatic N) is 2. The largest absolute Gasteiger partial charge is 0.396 e. The molecule has 86 valence electrons. The van der Waals surface area contributed by atoms with E-state index in [0.29, 0.717) is 23.8 Å². The second kappa shape index (κ2) is 4.82. The van der Waals surface area contributed by atoms with E-state index < -0.39 is 0 Å². The highest BCUT2D eigenvalue weighted by molar-refractivity contribution is 6.31. The zero-order valence-corrected chi connectivity index (χ0v) is 9.48. The summed E-state index contributed by atoms with van der Waals surface area (Å²) in [5, 5.41) is 18.7. The van der Waals surface area contributed by atoms with Gasteiger partial charge in [0, 0.05) is 18.2 Å². The van der Waals surface area contributed by atoms with Crippen LogP contribution < -0.4 is 0 Å². The Labute approximate surface area is 98.1 Å². The first-order chi connectivity index (χ1) is 7.76. The van der Waals surface area contributed by atoms with Crippen LogP contribution in [-0.2, 0) is 13.2 Å². The summed E-state index contributed by atoms with van der Waals surface area (Å²) < 4.78 is 1.89. The normalized spacial score (nSPS) is 11.2. The van der Waals surface area contributed by atoms with Crippen LogP contribution in [0.4, 0.5) is 0 Å². The molecule has 0 fully saturated rings. The van der Waals surface area contributed by atoms with E-state index in [0.717, 1.165) is 11.0 Å². The van der Waals surface area contributed by atoms with Crippen molar-refractivity contribution in [2.24, 2.45) is 0 Å². The Balaban J connectivity index is 2.52. The van der Waals surface area contributed by atoms with Crippen molar-refractivity contribution in [2.45, 2.75) is 19.6 Å². The van der Waals surface area contributed by atoms with Crippen molar-refractivity contribution >= 4 is 22.6 Å². The molecule has 2 aromatic rings. The number of aliphatic hydroxyl groups is 2. The SMILES string of the molecule is OCCCn1c(CO)nc2ccc(Cl)cc21. The van der Waals surface area contributed by atoms with Gasteiger partial charge in [0.1, 0.15) is 12.4 Å². The molecule has 0 radical (unpaired) electrons. The van der Waals surface area contributed by atoms with Crippen LogP contribution in [0.5, 0.6) is 0 Å². The summed E-state index contributed by atoms with van der Waals surface area (Å²) in [5.74, 6) is 0.603. The average Bonchev–Trinajstić information content (AvgIpc) is 2.63. The number of rotatable bonds is 4. The molecule has 0 atom stereocenters. The minimum atomic E-state index is -0.113. The fourth-order valence-corrected chi connectivity index (χ4v) is 1.91. The highest BCUT2D eigenvalue weighted by Crippen LogP contribution is 2.21. The van der Waals surface area contributed by atoms with Gasteiger partial charge < -0.3 is 14.8 Å². The summed E-state index contributed by atoms with van der Waals surface area (Å²) in [4.78, 5) is 4.30. The second-order valence-electron chi connectivity index (χ2n) is 3.55. The van der Waals surface area contributed by atoms with Crippen molar-refractivity contribution < 1.29 is 10.2 Å². The van der Waals surface area contributed by atoms with Crippen LogP contribution in [-0.4, -0.2) is 26.4 Å². The van der Waals surface area contributed by atoms with Crippen molar-refractivity contribution in [3.05, 3.63) is 29.0 Å². The number of hydrogen-bond acceptors (Lipinski definition) is 3. The molecule has 0 bridgehead atoms. The Morgan fingerprint density at radius 1 is 1.31 bits per heavy atom. The highest BCUT2D eigenvalue weighted by atomic mass is 35.5.